The Morgan fingerprint density at radius 3 is 2.54 bits per heavy atom. The van der Waals surface area contributed by atoms with Crippen LogP contribution in [0, 0.1) is 0 Å². The van der Waals surface area contributed by atoms with Gasteiger partial charge in [-0.05, 0) is 31.1 Å². The normalized spacial score (nSPS) is 12.2. The number of nitrogens with zero attached hydrogens (tertiary/aromatic N) is 3. The van der Waals surface area contributed by atoms with Crippen LogP contribution in [0.2, 0.25) is 10.0 Å². The lowest BCUT2D eigenvalue weighted by atomic mass is 10.1. The fraction of sp³-hybridized carbons (Fsp3) is 0.250. The van der Waals surface area contributed by atoms with Crippen molar-refractivity contribution in [3.8, 4) is 17.1 Å². The molecule has 0 unspecified atom stereocenters. The van der Waals surface area contributed by atoms with E-state index in [0.29, 0.717) is 12.1 Å². The van der Waals surface area contributed by atoms with Crippen LogP contribution in [0.15, 0.2) is 52.6 Å². The van der Waals surface area contributed by atoms with E-state index in [9.17, 15) is 9.90 Å². The molecular formula is C20H21Cl2N3O3. The zero-order valence-corrected chi connectivity index (χ0v) is 17.4. The summed E-state index contributed by atoms with van der Waals surface area (Å²) in [7, 11) is 1.65. The second-order valence-electron chi connectivity index (χ2n) is 6.19. The standard InChI is InChI=1S/C20H21Cl2N3O3/c1-5-13(6-2)8-7-12(3)11-25(4)20(27)19-23-18(24-28-19)14-9-15(21)17(26)16(22)10-14/h5,7-10,26H,1,6,11H2,2-4H3/b12-7+,13-8+. The van der Waals surface area contributed by atoms with Gasteiger partial charge in [-0.1, -0.05) is 65.7 Å². The van der Waals surface area contributed by atoms with Crippen LogP contribution in [0.3, 0.4) is 0 Å². The monoisotopic (exact) mass is 421 g/mol. The van der Waals surface area contributed by atoms with Crippen molar-refractivity contribution >= 4 is 29.1 Å². The minimum absolute atomic E-state index is 0.0529. The van der Waals surface area contributed by atoms with E-state index in [4.69, 9.17) is 27.7 Å². The predicted octanol–water partition coefficient (Wildman–Crippen LogP) is 5.29. The number of carbonyl (C=O) groups excluding carboxylic acids is 1. The SMILES string of the molecule is C=C/C(=C\C=C(/C)CN(C)C(=O)c1nc(-c2cc(Cl)c(O)c(Cl)c2)no1)CC. The van der Waals surface area contributed by atoms with E-state index in [-0.39, 0.29) is 27.5 Å². The molecule has 1 aromatic heterocycles. The van der Waals surface area contributed by atoms with Gasteiger partial charge in [0.15, 0.2) is 5.75 Å². The number of allylic oxidation sites excluding steroid dienone is 4. The van der Waals surface area contributed by atoms with Gasteiger partial charge in [-0.2, -0.15) is 4.98 Å². The number of rotatable bonds is 7. The lowest BCUT2D eigenvalue weighted by molar-refractivity contribution is 0.0758. The van der Waals surface area contributed by atoms with Gasteiger partial charge >= 0.3 is 11.8 Å². The maximum Gasteiger partial charge on any atom is 0.316 e. The molecule has 0 radical (unpaired) electrons. The van der Waals surface area contributed by atoms with Crippen LogP contribution < -0.4 is 0 Å². The number of hydrogen-bond acceptors (Lipinski definition) is 5. The molecule has 1 N–H and O–H groups in total. The van der Waals surface area contributed by atoms with Gasteiger partial charge in [0.05, 0.1) is 10.0 Å². The first-order valence-electron chi connectivity index (χ1n) is 8.53. The molecule has 28 heavy (non-hydrogen) atoms. The third-order valence-corrected chi connectivity index (χ3v) is 4.55. The van der Waals surface area contributed by atoms with Crippen molar-refractivity contribution in [2.75, 3.05) is 13.6 Å². The maximum atomic E-state index is 12.5. The fourth-order valence-electron chi connectivity index (χ4n) is 2.36. The molecule has 1 amide bonds. The van der Waals surface area contributed by atoms with Gasteiger partial charge < -0.3 is 14.5 Å². The summed E-state index contributed by atoms with van der Waals surface area (Å²) in [6.07, 6.45) is 6.62. The average molecular weight is 422 g/mol. The highest BCUT2D eigenvalue weighted by Crippen LogP contribution is 2.35. The smallest absolute Gasteiger partial charge is 0.316 e. The number of phenolic OH excluding ortho intramolecular Hbond substituents is 1. The summed E-state index contributed by atoms with van der Waals surface area (Å²) in [5, 5.41) is 13.5. The Morgan fingerprint density at radius 2 is 1.96 bits per heavy atom. The number of halogens is 2. The first kappa shape index (κ1) is 21.7. The second-order valence-corrected chi connectivity index (χ2v) is 7.00. The van der Waals surface area contributed by atoms with Crippen LogP contribution in [0.1, 0.15) is 31.0 Å². The van der Waals surface area contributed by atoms with E-state index in [1.807, 2.05) is 26.0 Å². The molecule has 2 aromatic rings. The van der Waals surface area contributed by atoms with Crippen LogP contribution in [-0.4, -0.2) is 39.6 Å². The molecule has 0 atom stereocenters. The molecule has 0 aliphatic rings. The van der Waals surface area contributed by atoms with Crippen molar-refractivity contribution in [2.24, 2.45) is 0 Å². The van der Waals surface area contributed by atoms with E-state index in [0.717, 1.165) is 17.6 Å². The summed E-state index contributed by atoms with van der Waals surface area (Å²) in [4.78, 5) is 18.1. The van der Waals surface area contributed by atoms with Crippen molar-refractivity contribution in [3.05, 3.63) is 64.0 Å². The van der Waals surface area contributed by atoms with Crippen molar-refractivity contribution in [1.82, 2.24) is 15.0 Å². The van der Waals surface area contributed by atoms with Crippen LogP contribution in [0.4, 0.5) is 0 Å². The van der Waals surface area contributed by atoms with E-state index in [2.05, 4.69) is 16.7 Å². The van der Waals surface area contributed by atoms with Crippen LogP contribution in [-0.2, 0) is 0 Å². The summed E-state index contributed by atoms with van der Waals surface area (Å²) in [6, 6.07) is 2.88. The minimum atomic E-state index is -0.411. The molecule has 8 heteroatoms. The molecule has 6 nitrogen and oxygen atoms in total. The Bertz CT molecular complexity index is 925. The molecule has 1 aromatic carbocycles. The molecule has 0 bridgehead atoms. The molecule has 0 spiro atoms. The summed E-state index contributed by atoms with van der Waals surface area (Å²) < 4.78 is 5.08. The number of hydrogen-bond donors (Lipinski definition) is 1. The number of carbonyl (C=O) groups is 1. The Balaban J connectivity index is 2.14. The molecule has 148 valence electrons. The Kier molecular flexibility index (Phi) is 7.43. The van der Waals surface area contributed by atoms with Gasteiger partial charge in [0, 0.05) is 19.2 Å². The summed E-state index contributed by atoms with van der Waals surface area (Å²) in [6.45, 7) is 8.14. The number of benzene rings is 1. The maximum absolute atomic E-state index is 12.5. The third kappa shape index (κ3) is 5.24. The van der Waals surface area contributed by atoms with Gasteiger partial charge in [-0.3, -0.25) is 4.79 Å². The second kappa shape index (κ2) is 9.57. The lowest BCUT2D eigenvalue weighted by Crippen LogP contribution is -2.28. The topological polar surface area (TPSA) is 79.5 Å². The molecular weight excluding hydrogens is 401 g/mol. The molecule has 0 saturated carbocycles. The quantitative estimate of drug-likeness (QED) is 0.614. The lowest BCUT2D eigenvalue weighted by Gasteiger charge is -2.14. The Hall–Kier alpha value is -2.57. The Labute approximate surface area is 173 Å². The first-order chi connectivity index (χ1) is 13.3. The molecule has 0 saturated heterocycles. The van der Waals surface area contributed by atoms with Gasteiger partial charge in [0.2, 0.25) is 5.82 Å². The third-order valence-electron chi connectivity index (χ3n) is 3.97. The number of phenols is 1. The molecule has 0 fully saturated rings. The van der Waals surface area contributed by atoms with Gasteiger partial charge in [-0.15, -0.1) is 0 Å². The van der Waals surface area contributed by atoms with Gasteiger partial charge in [0.25, 0.3) is 0 Å². The first-order valence-corrected chi connectivity index (χ1v) is 9.28. The van der Waals surface area contributed by atoms with Gasteiger partial charge in [-0.25, -0.2) is 0 Å². The van der Waals surface area contributed by atoms with E-state index in [1.165, 1.54) is 17.0 Å². The molecule has 0 aliphatic heterocycles. The number of aromatic nitrogens is 2. The van der Waals surface area contributed by atoms with Gasteiger partial charge in [0.1, 0.15) is 0 Å². The number of amides is 1. The van der Waals surface area contributed by atoms with Crippen molar-refractivity contribution < 1.29 is 14.4 Å². The van der Waals surface area contributed by atoms with E-state index < -0.39 is 5.91 Å². The van der Waals surface area contributed by atoms with Crippen LogP contribution in [0.25, 0.3) is 11.4 Å². The van der Waals surface area contributed by atoms with Crippen molar-refractivity contribution in [2.45, 2.75) is 20.3 Å². The Morgan fingerprint density at radius 1 is 1.32 bits per heavy atom. The largest absolute Gasteiger partial charge is 0.505 e. The van der Waals surface area contributed by atoms with Crippen LogP contribution in [0.5, 0.6) is 5.75 Å². The van der Waals surface area contributed by atoms with E-state index >= 15 is 0 Å². The number of aromatic hydroxyl groups is 1. The highest BCUT2D eigenvalue weighted by molar-refractivity contribution is 6.37. The highest BCUT2D eigenvalue weighted by atomic mass is 35.5. The summed E-state index contributed by atoms with van der Waals surface area (Å²) in [5.41, 5.74) is 2.53. The number of likely N-dealkylation sites (N-methyl/N-ethyl adjacent to an activating group) is 1. The van der Waals surface area contributed by atoms with Crippen LogP contribution >= 0.6 is 23.2 Å². The average Bonchev–Trinajstić information content (AvgIpc) is 3.16. The predicted molar refractivity (Wildman–Crippen MR) is 111 cm³/mol. The molecule has 1 heterocycles. The molecule has 2 rings (SSSR count). The molecule has 0 aliphatic carbocycles. The van der Waals surface area contributed by atoms with Crippen molar-refractivity contribution in [3.63, 3.8) is 0 Å². The zero-order valence-electron chi connectivity index (χ0n) is 15.9. The van der Waals surface area contributed by atoms with Crippen molar-refractivity contribution in [1.29, 1.82) is 0 Å². The zero-order chi connectivity index (χ0) is 20.8. The summed E-state index contributed by atoms with van der Waals surface area (Å²) >= 11 is 11.8. The summed E-state index contributed by atoms with van der Waals surface area (Å²) in [5.74, 6) is -0.646. The van der Waals surface area contributed by atoms with E-state index in [1.54, 1.807) is 13.1 Å². The fourth-order valence-corrected chi connectivity index (χ4v) is 2.85. The minimum Gasteiger partial charge on any atom is -0.505 e. The highest BCUT2D eigenvalue weighted by Gasteiger charge is 2.21.